The van der Waals surface area contributed by atoms with Crippen LogP contribution >= 0.6 is 0 Å². The fraction of sp³-hybridized carbons (Fsp3) is 0.636. The second-order valence-corrected chi connectivity index (χ2v) is 4.93. The summed E-state index contributed by atoms with van der Waals surface area (Å²) in [4.78, 5) is 11.5. The van der Waals surface area contributed by atoms with Gasteiger partial charge in [-0.15, -0.1) is 0 Å². The molecule has 0 saturated carbocycles. The quantitative estimate of drug-likeness (QED) is 0.817. The largest absolute Gasteiger partial charge is 0.444 e. The molecular weight excluding hydrogens is 220 g/mol. The predicted octanol–water partition coefficient (Wildman–Crippen LogP) is 1.34. The van der Waals surface area contributed by atoms with Crippen molar-refractivity contribution in [1.29, 1.82) is 0 Å². The zero-order valence-electron chi connectivity index (χ0n) is 11.0. The Bertz CT molecular complexity index is 418. The third kappa shape index (κ3) is 3.65. The number of nitrogen functional groups attached to an aromatic ring is 1. The Morgan fingerprint density at radius 2 is 2.12 bits per heavy atom. The molecule has 0 aliphatic heterocycles. The molecule has 0 bridgehead atoms. The minimum Gasteiger partial charge on any atom is -0.444 e. The Morgan fingerprint density at radius 1 is 1.53 bits per heavy atom. The molecule has 0 aromatic carbocycles. The Labute approximate surface area is 101 Å². The Balaban J connectivity index is 2.59. The summed E-state index contributed by atoms with van der Waals surface area (Å²) >= 11 is 0. The van der Waals surface area contributed by atoms with Crippen LogP contribution in [0.3, 0.4) is 0 Å². The zero-order chi connectivity index (χ0) is 13.2. The molecular formula is C11H20N4O2. The van der Waals surface area contributed by atoms with Crippen LogP contribution in [0.5, 0.6) is 0 Å². The number of ether oxygens (including phenoxy) is 1. The lowest BCUT2D eigenvalue weighted by Crippen LogP contribution is -2.32. The number of nitrogens with two attached hydrogens (primary N) is 1. The van der Waals surface area contributed by atoms with Crippen molar-refractivity contribution in [3.05, 3.63) is 11.3 Å². The van der Waals surface area contributed by atoms with E-state index in [0.29, 0.717) is 12.4 Å². The summed E-state index contributed by atoms with van der Waals surface area (Å²) in [5, 5.41) is 6.72. The third-order valence-corrected chi connectivity index (χ3v) is 2.30. The molecule has 0 radical (unpaired) electrons. The molecule has 1 aromatic heterocycles. The molecule has 0 spiro atoms. The topological polar surface area (TPSA) is 82.2 Å². The lowest BCUT2D eigenvalue weighted by molar-refractivity contribution is 0.0523. The van der Waals surface area contributed by atoms with Crippen LogP contribution in [0.15, 0.2) is 0 Å². The minimum absolute atomic E-state index is 0.320. The molecule has 6 nitrogen and oxygen atoms in total. The van der Waals surface area contributed by atoms with E-state index < -0.39 is 11.7 Å². The number of aryl methyl sites for hydroxylation is 1. The van der Waals surface area contributed by atoms with E-state index in [2.05, 4.69) is 10.4 Å². The molecule has 0 aliphatic carbocycles. The van der Waals surface area contributed by atoms with Crippen LogP contribution in [0.2, 0.25) is 0 Å². The van der Waals surface area contributed by atoms with Crippen LogP contribution in [-0.2, 0) is 18.3 Å². The lowest BCUT2D eigenvalue weighted by atomic mass is 10.2. The first kappa shape index (κ1) is 13.3. The Hall–Kier alpha value is -1.72. The average Bonchev–Trinajstić information content (AvgIpc) is 2.36. The van der Waals surface area contributed by atoms with Crippen molar-refractivity contribution < 1.29 is 9.53 Å². The number of anilines is 1. The van der Waals surface area contributed by atoms with Gasteiger partial charge in [-0.2, -0.15) is 5.10 Å². The van der Waals surface area contributed by atoms with E-state index in [1.165, 1.54) is 0 Å². The number of nitrogens with zero attached hydrogens (tertiary/aromatic N) is 2. The second kappa shape index (κ2) is 4.65. The normalized spacial score (nSPS) is 11.4. The summed E-state index contributed by atoms with van der Waals surface area (Å²) in [5.74, 6) is 0.432. The first-order chi connectivity index (χ1) is 7.70. The molecule has 0 unspecified atom stereocenters. The number of aromatic nitrogens is 2. The molecule has 3 N–H and O–H groups in total. The summed E-state index contributed by atoms with van der Waals surface area (Å²) in [7, 11) is 1.81. The van der Waals surface area contributed by atoms with E-state index >= 15 is 0 Å². The molecule has 6 heteroatoms. The number of rotatable bonds is 2. The van der Waals surface area contributed by atoms with Crippen molar-refractivity contribution in [2.45, 2.75) is 39.8 Å². The van der Waals surface area contributed by atoms with Gasteiger partial charge in [-0.05, 0) is 27.7 Å². The maximum atomic E-state index is 11.5. The van der Waals surface area contributed by atoms with Crippen LogP contribution < -0.4 is 11.1 Å². The second-order valence-electron chi connectivity index (χ2n) is 4.93. The van der Waals surface area contributed by atoms with Gasteiger partial charge in [0.05, 0.1) is 6.54 Å². The smallest absolute Gasteiger partial charge is 0.407 e. The van der Waals surface area contributed by atoms with Gasteiger partial charge in [0.2, 0.25) is 0 Å². The molecule has 17 heavy (non-hydrogen) atoms. The van der Waals surface area contributed by atoms with Gasteiger partial charge >= 0.3 is 6.09 Å². The molecule has 96 valence electrons. The summed E-state index contributed by atoms with van der Waals surface area (Å²) in [6.07, 6.45) is -0.458. The average molecular weight is 240 g/mol. The minimum atomic E-state index is -0.500. The highest BCUT2D eigenvalue weighted by atomic mass is 16.6. The maximum absolute atomic E-state index is 11.5. The van der Waals surface area contributed by atoms with Gasteiger partial charge in [-0.1, -0.05) is 0 Å². The summed E-state index contributed by atoms with van der Waals surface area (Å²) in [6.45, 7) is 7.67. The summed E-state index contributed by atoms with van der Waals surface area (Å²) < 4.78 is 6.81. The van der Waals surface area contributed by atoms with Crippen LogP contribution in [0.25, 0.3) is 0 Å². The molecule has 0 atom stereocenters. The number of alkyl carbamates (subject to hydrolysis) is 1. The number of amides is 1. The van der Waals surface area contributed by atoms with Crippen molar-refractivity contribution in [1.82, 2.24) is 15.1 Å². The number of hydrogen-bond acceptors (Lipinski definition) is 4. The third-order valence-electron chi connectivity index (χ3n) is 2.30. The molecule has 0 saturated heterocycles. The molecule has 1 aromatic rings. The predicted molar refractivity (Wildman–Crippen MR) is 65.4 cm³/mol. The van der Waals surface area contributed by atoms with E-state index in [1.807, 2.05) is 34.7 Å². The fourth-order valence-corrected chi connectivity index (χ4v) is 1.37. The first-order valence-corrected chi connectivity index (χ1v) is 5.45. The van der Waals surface area contributed by atoms with Gasteiger partial charge in [0.15, 0.2) is 5.82 Å². The lowest BCUT2D eigenvalue weighted by Gasteiger charge is -2.19. The zero-order valence-corrected chi connectivity index (χ0v) is 11.0. The van der Waals surface area contributed by atoms with Gasteiger partial charge in [0.1, 0.15) is 5.60 Å². The highest BCUT2D eigenvalue weighted by Crippen LogP contribution is 2.14. The fourth-order valence-electron chi connectivity index (χ4n) is 1.37. The van der Waals surface area contributed by atoms with Crippen molar-refractivity contribution in [3.63, 3.8) is 0 Å². The molecule has 1 rings (SSSR count). The van der Waals surface area contributed by atoms with Gasteiger partial charge in [0.25, 0.3) is 0 Å². The maximum Gasteiger partial charge on any atom is 0.407 e. The van der Waals surface area contributed by atoms with Crippen molar-refractivity contribution in [2.75, 3.05) is 5.73 Å². The van der Waals surface area contributed by atoms with E-state index in [1.54, 1.807) is 4.68 Å². The summed E-state index contributed by atoms with van der Waals surface area (Å²) in [6, 6.07) is 0. The van der Waals surface area contributed by atoms with Crippen molar-refractivity contribution in [3.8, 4) is 0 Å². The van der Waals surface area contributed by atoms with Crippen molar-refractivity contribution in [2.24, 2.45) is 7.05 Å². The number of carbonyl (C=O) groups excluding carboxylic acids is 1. The van der Waals surface area contributed by atoms with E-state index in [4.69, 9.17) is 10.5 Å². The van der Waals surface area contributed by atoms with E-state index in [9.17, 15) is 4.79 Å². The number of carbonyl (C=O) groups is 1. The monoisotopic (exact) mass is 240 g/mol. The molecule has 0 fully saturated rings. The van der Waals surface area contributed by atoms with E-state index in [-0.39, 0.29) is 0 Å². The van der Waals surface area contributed by atoms with Crippen LogP contribution in [-0.4, -0.2) is 21.5 Å². The van der Waals surface area contributed by atoms with Gasteiger partial charge in [0, 0.05) is 18.3 Å². The van der Waals surface area contributed by atoms with E-state index in [0.717, 1.165) is 11.3 Å². The Kier molecular flexibility index (Phi) is 3.65. The molecule has 1 amide bonds. The van der Waals surface area contributed by atoms with Crippen LogP contribution in [0, 0.1) is 6.92 Å². The highest BCUT2D eigenvalue weighted by molar-refractivity contribution is 5.68. The van der Waals surface area contributed by atoms with Gasteiger partial charge in [-0.3, -0.25) is 4.68 Å². The highest BCUT2D eigenvalue weighted by Gasteiger charge is 2.17. The van der Waals surface area contributed by atoms with Gasteiger partial charge < -0.3 is 15.8 Å². The van der Waals surface area contributed by atoms with Crippen LogP contribution in [0.4, 0.5) is 10.6 Å². The summed E-state index contributed by atoms with van der Waals surface area (Å²) in [5.41, 5.74) is 6.98. The first-order valence-electron chi connectivity index (χ1n) is 5.45. The van der Waals surface area contributed by atoms with Crippen LogP contribution in [0.1, 0.15) is 32.0 Å². The van der Waals surface area contributed by atoms with Crippen molar-refractivity contribution >= 4 is 11.9 Å². The standard InChI is InChI=1S/C11H20N4O2/c1-7-8(9(12)14-15(7)5)6-13-10(16)17-11(2,3)4/h6H2,1-5H3,(H2,12,14)(H,13,16). The Morgan fingerprint density at radius 3 is 2.53 bits per heavy atom. The van der Waals surface area contributed by atoms with Gasteiger partial charge in [-0.25, -0.2) is 4.79 Å². The number of nitrogens with one attached hydrogen (secondary N) is 1. The molecule has 1 heterocycles. The SMILES string of the molecule is Cc1c(CNC(=O)OC(C)(C)C)c(N)nn1C. The number of hydrogen-bond donors (Lipinski definition) is 2. The molecule has 0 aliphatic rings.